The molecule has 3 rings (SSSR count). The third-order valence-electron chi connectivity index (χ3n) is 3.27. The molecule has 0 saturated heterocycles. The SMILES string of the molecule is N/C(Cc1ccccc1)=N\OCc1coc(-c2ccc(F)cc2)n1. The van der Waals surface area contributed by atoms with Crippen LogP contribution in [0.5, 0.6) is 0 Å². The molecule has 3 aromatic rings. The van der Waals surface area contributed by atoms with E-state index < -0.39 is 0 Å². The topological polar surface area (TPSA) is 73.6 Å². The van der Waals surface area contributed by atoms with Crippen molar-refractivity contribution in [3.05, 3.63) is 77.9 Å². The molecule has 1 heterocycles. The Morgan fingerprint density at radius 2 is 1.88 bits per heavy atom. The number of nitrogens with zero attached hydrogens (tertiary/aromatic N) is 2. The molecule has 24 heavy (non-hydrogen) atoms. The molecule has 0 atom stereocenters. The van der Waals surface area contributed by atoms with Gasteiger partial charge in [-0.3, -0.25) is 0 Å². The van der Waals surface area contributed by atoms with Crippen LogP contribution in [0.25, 0.3) is 11.5 Å². The summed E-state index contributed by atoms with van der Waals surface area (Å²) >= 11 is 0. The lowest BCUT2D eigenvalue weighted by molar-refractivity contribution is 0.127. The molecule has 0 saturated carbocycles. The first-order valence-corrected chi connectivity index (χ1v) is 7.39. The van der Waals surface area contributed by atoms with Crippen molar-refractivity contribution in [2.45, 2.75) is 13.0 Å². The van der Waals surface area contributed by atoms with Gasteiger partial charge in [0, 0.05) is 12.0 Å². The Bertz CT molecular complexity index is 814. The highest BCUT2D eigenvalue weighted by molar-refractivity contribution is 5.82. The first-order chi connectivity index (χ1) is 11.7. The minimum atomic E-state index is -0.308. The minimum Gasteiger partial charge on any atom is -0.444 e. The maximum absolute atomic E-state index is 12.9. The summed E-state index contributed by atoms with van der Waals surface area (Å²) in [5.41, 5.74) is 8.15. The lowest BCUT2D eigenvalue weighted by Crippen LogP contribution is -2.15. The van der Waals surface area contributed by atoms with E-state index in [0.717, 1.165) is 5.56 Å². The molecule has 6 heteroatoms. The van der Waals surface area contributed by atoms with Crippen LogP contribution in [-0.4, -0.2) is 10.8 Å². The van der Waals surface area contributed by atoms with Crippen LogP contribution in [0.2, 0.25) is 0 Å². The molecule has 2 aromatic carbocycles. The number of amidine groups is 1. The van der Waals surface area contributed by atoms with Crippen molar-refractivity contribution in [1.82, 2.24) is 4.98 Å². The van der Waals surface area contributed by atoms with Crippen molar-refractivity contribution in [1.29, 1.82) is 0 Å². The van der Waals surface area contributed by atoms with E-state index in [-0.39, 0.29) is 12.4 Å². The molecule has 5 nitrogen and oxygen atoms in total. The van der Waals surface area contributed by atoms with Gasteiger partial charge in [-0.25, -0.2) is 9.37 Å². The second kappa shape index (κ2) is 7.41. The van der Waals surface area contributed by atoms with E-state index in [1.54, 1.807) is 12.1 Å². The monoisotopic (exact) mass is 325 g/mol. The van der Waals surface area contributed by atoms with E-state index in [2.05, 4.69) is 10.1 Å². The molecule has 0 unspecified atom stereocenters. The Balaban J connectivity index is 1.55. The van der Waals surface area contributed by atoms with Gasteiger partial charge in [0.15, 0.2) is 6.61 Å². The number of hydrogen-bond donors (Lipinski definition) is 1. The molecule has 0 bridgehead atoms. The van der Waals surface area contributed by atoms with Gasteiger partial charge in [0.05, 0.1) is 0 Å². The average molecular weight is 325 g/mol. The molecule has 0 aliphatic rings. The first kappa shape index (κ1) is 15.7. The molecule has 122 valence electrons. The Morgan fingerprint density at radius 1 is 1.12 bits per heavy atom. The van der Waals surface area contributed by atoms with E-state index in [1.165, 1.54) is 18.4 Å². The maximum Gasteiger partial charge on any atom is 0.226 e. The molecular weight excluding hydrogens is 309 g/mol. The predicted molar refractivity (Wildman–Crippen MR) is 88.5 cm³/mol. The van der Waals surface area contributed by atoms with E-state index in [4.69, 9.17) is 15.0 Å². The third kappa shape index (κ3) is 4.19. The summed E-state index contributed by atoms with van der Waals surface area (Å²) in [6, 6.07) is 15.7. The highest BCUT2D eigenvalue weighted by Crippen LogP contribution is 2.19. The van der Waals surface area contributed by atoms with E-state index in [9.17, 15) is 4.39 Å². The molecule has 0 spiro atoms. The Labute approximate surface area is 138 Å². The lowest BCUT2D eigenvalue weighted by atomic mass is 10.1. The maximum atomic E-state index is 12.9. The number of benzene rings is 2. The number of aromatic nitrogens is 1. The van der Waals surface area contributed by atoms with Crippen LogP contribution >= 0.6 is 0 Å². The summed E-state index contributed by atoms with van der Waals surface area (Å²) in [7, 11) is 0. The van der Waals surface area contributed by atoms with E-state index in [1.807, 2.05) is 30.3 Å². The van der Waals surface area contributed by atoms with E-state index >= 15 is 0 Å². The molecule has 0 radical (unpaired) electrons. The quantitative estimate of drug-likeness (QED) is 0.427. The minimum absolute atomic E-state index is 0.139. The van der Waals surface area contributed by atoms with Crippen LogP contribution in [0.1, 0.15) is 11.3 Å². The van der Waals surface area contributed by atoms with Crippen LogP contribution in [0.4, 0.5) is 4.39 Å². The molecule has 0 fully saturated rings. The lowest BCUT2D eigenvalue weighted by Gasteiger charge is -2.01. The van der Waals surface area contributed by atoms with Gasteiger partial charge in [0.1, 0.15) is 23.6 Å². The van der Waals surface area contributed by atoms with Crippen molar-refractivity contribution in [2.24, 2.45) is 10.9 Å². The predicted octanol–water partition coefficient (Wildman–Crippen LogP) is 3.51. The molecule has 0 aliphatic heterocycles. The highest BCUT2D eigenvalue weighted by atomic mass is 19.1. The van der Waals surface area contributed by atoms with Crippen LogP contribution in [-0.2, 0) is 17.9 Å². The zero-order valence-electron chi connectivity index (χ0n) is 12.9. The van der Waals surface area contributed by atoms with Crippen molar-refractivity contribution >= 4 is 5.84 Å². The fraction of sp³-hybridized carbons (Fsp3) is 0.111. The van der Waals surface area contributed by atoms with Crippen molar-refractivity contribution in [3.8, 4) is 11.5 Å². The van der Waals surface area contributed by atoms with Gasteiger partial charge in [-0.2, -0.15) is 0 Å². The van der Waals surface area contributed by atoms with Crippen molar-refractivity contribution in [3.63, 3.8) is 0 Å². The Kier molecular flexibility index (Phi) is 4.86. The fourth-order valence-corrected chi connectivity index (χ4v) is 2.12. The summed E-state index contributed by atoms with van der Waals surface area (Å²) in [5.74, 6) is 0.468. The van der Waals surface area contributed by atoms with Crippen LogP contribution < -0.4 is 5.73 Å². The smallest absolute Gasteiger partial charge is 0.226 e. The molecule has 2 N–H and O–H groups in total. The zero-order chi connectivity index (χ0) is 16.8. The van der Waals surface area contributed by atoms with Gasteiger partial charge < -0.3 is 15.0 Å². The third-order valence-corrected chi connectivity index (χ3v) is 3.27. The summed E-state index contributed by atoms with van der Waals surface area (Å²) in [6.07, 6.45) is 1.99. The second-order valence-corrected chi connectivity index (χ2v) is 5.17. The normalized spacial score (nSPS) is 11.5. The highest BCUT2D eigenvalue weighted by Gasteiger charge is 2.07. The standard InChI is InChI=1S/C18H16FN3O2/c19-15-8-6-14(7-9-15)18-21-16(11-23-18)12-24-22-17(20)10-13-4-2-1-3-5-13/h1-9,11H,10,12H2,(H2,20,22). The van der Waals surface area contributed by atoms with Gasteiger partial charge in [-0.05, 0) is 29.8 Å². The number of oxime groups is 1. The van der Waals surface area contributed by atoms with Crippen molar-refractivity contribution < 1.29 is 13.6 Å². The molecule has 1 aromatic heterocycles. The summed E-state index contributed by atoms with van der Waals surface area (Å²) < 4.78 is 18.3. The van der Waals surface area contributed by atoms with Gasteiger partial charge >= 0.3 is 0 Å². The number of hydrogen-bond acceptors (Lipinski definition) is 4. The molecule has 0 amide bonds. The van der Waals surface area contributed by atoms with Gasteiger partial charge in [-0.15, -0.1) is 0 Å². The van der Waals surface area contributed by atoms with Crippen LogP contribution in [0.3, 0.4) is 0 Å². The number of nitrogens with two attached hydrogens (primary N) is 1. The largest absolute Gasteiger partial charge is 0.444 e. The molecule has 0 aliphatic carbocycles. The average Bonchev–Trinajstić information content (AvgIpc) is 3.05. The molecular formula is C18H16FN3O2. The number of halogens is 1. The summed E-state index contributed by atoms with van der Waals surface area (Å²) in [4.78, 5) is 9.47. The Morgan fingerprint density at radius 3 is 2.62 bits per heavy atom. The van der Waals surface area contributed by atoms with Crippen LogP contribution in [0, 0.1) is 5.82 Å². The van der Waals surface area contributed by atoms with Gasteiger partial charge in [-0.1, -0.05) is 35.5 Å². The van der Waals surface area contributed by atoms with Crippen LogP contribution in [0.15, 0.2) is 70.4 Å². The zero-order valence-corrected chi connectivity index (χ0v) is 12.9. The summed E-state index contributed by atoms with van der Waals surface area (Å²) in [6.45, 7) is 0.139. The Hall–Kier alpha value is -3.15. The number of rotatable bonds is 6. The van der Waals surface area contributed by atoms with Gasteiger partial charge in [0.2, 0.25) is 5.89 Å². The number of oxazole rings is 1. The van der Waals surface area contributed by atoms with E-state index in [0.29, 0.717) is 29.4 Å². The van der Waals surface area contributed by atoms with Gasteiger partial charge in [0.25, 0.3) is 0 Å². The van der Waals surface area contributed by atoms with Crippen molar-refractivity contribution in [2.75, 3.05) is 0 Å². The first-order valence-electron chi connectivity index (χ1n) is 7.39. The summed E-state index contributed by atoms with van der Waals surface area (Å²) in [5, 5.41) is 3.87. The second-order valence-electron chi connectivity index (χ2n) is 5.17. The fourth-order valence-electron chi connectivity index (χ4n) is 2.12.